The van der Waals surface area contributed by atoms with Crippen LogP contribution in [0.2, 0.25) is 0 Å². The summed E-state index contributed by atoms with van der Waals surface area (Å²) in [5.41, 5.74) is 8.60. The van der Waals surface area contributed by atoms with Crippen LogP contribution < -0.4 is 5.73 Å². The van der Waals surface area contributed by atoms with Crippen LogP contribution >= 0.6 is 0 Å². The molecule has 4 nitrogen and oxygen atoms in total. The molecule has 78 valence electrons. The van der Waals surface area contributed by atoms with Crippen molar-refractivity contribution in [3.63, 3.8) is 0 Å². The van der Waals surface area contributed by atoms with Gasteiger partial charge in [-0.3, -0.25) is 0 Å². The van der Waals surface area contributed by atoms with Gasteiger partial charge in [0.05, 0.1) is 17.3 Å². The molecule has 0 spiro atoms. The Bertz CT molecular complexity index is 549. The first-order chi connectivity index (χ1) is 7.69. The lowest BCUT2D eigenvalue weighted by molar-refractivity contribution is 1.12. The molecule has 0 aliphatic rings. The molecule has 0 amide bonds. The molecular weight excluding hydrogens is 200 g/mol. The highest BCUT2D eigenvalue weighted by molar-refractivity contribution is 5.62. The van der Waals surface area contributed by atoms with Crippen LogP contribution in [0.25, 0.3) is 11.3 Å². The van der Waals surface area contributed by atoms with E-state index in [0.717, 1.165) is 17.0 Å². The molecule has 4 heteroatoms. The second-order valence-corrected chi connectivity index (χ2v) is 3.45. The van der Waals surface area contributed by atoms with E-state index in [1.54, 1.807) is 12.1 Å². The average Bonchev–Trinajstić information content (AvgIpc) is 2.28. The highest BCUT2D eigenvalue weighted by Gasteiger charge is 2.03. The number of nitrogens with zero attached hydrogens (tertiary/aromatic N) is 3. The third-order valence-corrected chi connectivity index (χ3v) is 2.16. The van der Waals surface area contributed by atoms with E-state index in [9.17, 15) is 0 Å². The van der Waals surface area contributed by atoms with E-state index in [-0.39, 0.29) is 5.95 Å². The summed E-state index contributed by atoms with van der Waals surface area (Å²) in [6, 6.07) is 11.2. The summed E-state index contributed by atoms with van der Waals surface area (Å²) in [5.74, 6) is 0.248. The molecule has 2 aromatic rings. The van der Waals surface area contributed by atoms with Crippen molar-refractivity contribution in [2.45, 2.75) is 6.92 Å². The predicted molar refractivity (Wildman–Crippen MR) is 61.3 cm³/mol. The fourth-order valence-corrected chi connectivity index (χ4v) is 1.49. The van der Waals surface area contributed by atoms with E-state index >= 15 is 0 Å². The maximum atomic E-state index is 8.81. The van der Waals surface area contributed by atoms with Crippen molar-refractivity contribution >= 4 is 5.95 Å². The van der Waals surface area contributed by atoms with Gasteiger partial charge in [0.25, 0.3) is 0 Å². The average molecular weight is 210 g/mol. The van der Waals surface area contributed by atoms with E-state index in [4.69, 9.17) is 11.0 Å². The Kier molecular flexibility index (Phi) is 2.52. The molecule has 2 N–H and O–H groups in total. The van der Waals surface area contributed by atoms with Crippen molar-refractivity contribution in [3.8, 4) is 17.3 Å². The molecular formula is C12H10N4. The molecule has 0 atom stereocenters. The number of aryl methyl sites for hydroxylation is 1. The van der Waals surface area contributed by atoms with Gasteiger partial charge >= 0.3 is 0 Å². The number of rotatable bonds is 1. The standard InChI is InChI=1S/C12H10N4/c1-8-5-11(16-12(14)15-8)10-4-2-3-9(6-10)7-13/h2-6H,1H3,(H2,14,15,16). The first-order valence-corrected chi connectivity index (χ1v) is 4.81. The van der Waals surface area contributed by atoms with Crippen LogP contribution in [0, 0.1) is 18.3 Å². The summed E-state index contributed by atoms with van der Waals surface area (Å²) in [4.78, 5) is 8.14. The Morgan fingerprint density at radius 1 is 1.25 bits per heavy atom. The minimum absolute atomic E-state index is 0.248. The number of aromatic nitrogens is 2. The SMILES string of the molecule is Cc1cc(-c2cccc(C#N)c2)nc(N)n1. The van der Waals surface area contributed by atoms with Crippen molar-refractivity contribution in [1.29, 1.82) is 5.26 Å². The van der Waals surface area contributed by atoms with Crippen LogP contribution in [0.3, 0.4) is 0 Å². The van der Waals surface area contributed by atoms with Crippen molar-refractivity contribution in [3.05, 3.63) is 41.6 Å². The van der Waals surface area contributed by atoms with Crippen molar-refractivity contribution < 1.29 is 0 Å². The molecule has 1 heterocycles. The summed E-state index contributed by atoms with van der Waals surface area (Å²) in [6.45, 7) is 1.86. The number of nitrogens with two attached hydrogens (primary N) is 1. The molecule has 0 bridgehead atoms. The maximum absolute atomic E-state index is 8.81. The van der Waals surface area contributed by atoms with Crippen molar-refractivity contribution in [1.82, 2.24) is 9.97 Å². The van der Waals surface area contributed by atoms with Crippen LogP contribution in [0.4, 0.5) is 5.95 Å². The minimum Gasteiger partial charge on any atom is -0.368 e. The third kappa shape index (κ3) is 1.98. The number of anilines is 1. The fourth-order valence-electron chi connectivity index (χ4n) is 1.49. The van der Waals surface area contributed by atoms with Gasteiger partial charge in [-0.1, -0.05) is 12.1 Å². The maximum Gasteiger partial charge on any atom is 0.220 e. The first-order valence-electron chi connectivity index (χ1n) is 4.81. The van der Waals surface area contributed by atoms with Gasteiger partial charge in [0, 0.05) is 11.3 Å². The molecule has 1 aromatic heterocycles. The molecule has 0 fully saturated rings. The fraction of sp³-hybridized carbons (Fsp3) is 0.0833. The summed E-state index contributed by atoms with van der Waals surface area (Å²) < 4.78 is 0. The molecule has 16 heavy (non-hydrogen) atoms. The van der Waals surface area contributed by atoms with Crippen LogP contribution in [-0.4, -0.2) is 9.97 Å². The van der Waals surface area contributed by atoms with E-state index in [1.165, 1.54) is 0 Å². The lowest BCUT2D eigenvalue weighted by Crippen LogP contribution is -1.98. The van der Waals surface area contributed by atoms with Gasteiger partial charge in [-0.15, -0.1) is 0 Å². The summed E-state index contributed by atoms with van der Waals surface area (Å²) >= 11 is 0. The smallest absolute Gasteiger partial charge is 0.220 e. The van der Waals surface area contributed by atoms with Gasteiger partial charge in [0.15, 0.2) is 0 Å². The van der Waals surface area contributed by atoms with E-state index in [0.29, 0.717) is 5.56 Å². The van der Waals surface area contributed by atoms with Crippen molar-refractivity contribution in [2.24, 2.45) is 0 Å². The largest absolute Gasteiger partial charge is 0.368 e. The first kappa shape index (κ1) is 10.1. The second kappa shape index (κ2) is 3.99. The Hall–Kier alpha value is -2.41. The van der Waals surface area contributed by atoms with Crippen LogP contribution in [0.1, 0.15) is 11.3 Å². The van der Waals surface area contributed by atoms with Gasteiger partial charge in [-0.25, -0.2) is 9.97 Å². The quantitative estimate of drug-likeness (QED) is 0.780. The lowest BCUT2D eigenvalue weighted by atomic mass is 10.1. The molecule has 2 rings (SSSR count). The second-order valence-electron chi connectivity index (χ2n) is 3.45. The van der Waals surface area contributed by atoms with Gasteiger partial charge in [-0.05, 0) is 25.1 Å². The number of nitriles is 1. The zero-order chi connectivity index (χ0) is 11.5. The third-order valence-electron chi connectivity index (χ3n) is 2.16. The summed E-state index contributed by atoms with van der Waals surface area (Å²) in [7, 11) is 0. The molecule has 0 radical (unpaired) electrons. The zero-order valence-corrected chi connectivity index (χ0v) is 8.81. The normalized spacial score (nSPS) is 9.75. The van der Waals surface area contributed by atoms with Gasteiger partial charge in [-0.2, -0.15) is 5.26 Å². The molecule has 0 aliphatic heterocycles. The summed E-state index contributed by atoms with van der Waals surface area (Å²) in [5, 5.41) is 8.81. The minimum atomic E-state index is 0.248. The predicted octanol–water partition coefficient (Wildman–Crippen LogP) is 1.91. The highest BCUT2D eigenvalue weighted by atomic mass is 15.0. The van der Waals surface area contributed by atoms with Crippen LogP contribution in [0.15, 0.2) is 30.3 Å². The Balaban J connectivity index is 2.54. The van der Waals surface area contributed by atoms with E-state index < -0.39 is 0 Å². The van der Waals surface area contributed by atoms with Crippen LogP contribution in [-0.2, 0) is 0 Å². The topological polar surface area (TPSA) is 75.6 Å². The lowest BCUT2D eigenvalue weighted by Gasteiger charge is -2.03. The molecule has 1 aromatic carbocycles. The van der Waals surface area contributed by atoms with Gasteiger partial charge in [0.2, 0.25) is 5.95 Å². The number of nitrogen functional groups attached to an aromatic ring is 1. The number of hydrogen-bond donors (Lipinski definition) is 1. The molecule has 0 saturated carbocycles. The van der Waals surface area contributed by atoms with Crippen LogP contribution in [0.5, 0.6) is 0 Å². The molecule has 0 unspecified atom stereocenters. The Labute approximate surface area is 93.4 Å². The highest BCUT2D eigenvalue weighted by Crippen LogP contribution is 2.19. The Morgan fingerprint density at radius 3 is 2.75 bits per heavy atom. The molecule has 0 aliphatic carbocycles. The summed E-state index contributed by atoms with van der Waals surface area (Å²) in [6.07, 6.45) is 0. The molecule has 0 saturated heterocycles. The Morgan fingerprint density at radius 2 is 2.06 bits per heavy atom. The number of benzene rings is 1. The van der Waals surface area contributed by atoms with E-state index in [2.05, 4.69) is 16.0 Å². The van der Waals surface area contributed by atoms with E-state index in [1.807, 2.05) is 25.1 Å². The van der Waals surface area contributed by atoms with Gasteiger partial charge < -0.3 is 5.73 Å². The number of hydrogen-bond acceptors (Lipinski definition) is 4. The zero-order valence-electron chi connectivity index (χ0n) is 8.81. The van der Waals surface area contributed by atoms with Gasteiger partial charge in [0.1, 0.15) is 0 Å². The van der Waals surface area contributed by atoms with Crippen molar-refractivity contribution in [2.75, 3.05) is 5.73 Å². The monoisotopic (exact) mass is 210 g/mol.